The fraction of sp³-hybridized carbons (Fsp3) is 0.286. The van der Waals surface area contributed by atoms with Crippen LogP contribution in [0.1, 0.15) is 14.4 Å². The van der Waals surface area contributed by atoms with Crippen LogP contribution >= 0.6 is 0 Å². The van der Waals surface area contributed by atoms with Crippen LogP contribution in [0.25, 0.3) is 0 Å². The van der Waals surface area contributed by atoms with Crippen molar-refractivity contribution in [1.29, 1.82) is 0 Å². The number of allylic oxidation sites excluding steroid dienone is 3. The molecule has 52 valence electrons. The van der Waals surface area contributed by atoms with E-state index in [0.29, 0.717) is 0 Å². The summed E-state index contributed by atoms with van der Waals surface area (Å²) >= 11 is 0. The van der Waals surface area contributed by atoms with Gasteiger partial charge in [-0.15, -0.1) is 0 Å². The highest BCUT2D eigenvalue weighted by molar-refractivity contribution is 5.80. The second-order valence-electron chi connectivity index (χ2n) is 1.22. The molecule has 2 heteroatoms. The molecule has 0 radical (unpaired) electrons. The van der Waals surface area contributed by atoms with E-state index in [-0.39, 0.29) is 7.43 Å². The number of carboxylic acid groups (broad SMARTS) is 1. The Morgan fingerprint density at radius 3 is 2.33 bits per heavy atom. The molecular formula is C7H12O2. The molecule has 0 fully saturated rings. The van der Waals surface area contributed by atoms with E-state index in [0.717, 1.165) is 6.08 Å². The van der Waals surface area contributed by atoms with E-state index in [9.17, 15) is 4.79 Å². The molecule has 0 atom stereocenters. The van der Waals surface area contributed by atoms with Gasteiger partial charge in [-0.1, -0.05) is 25.7 Å². The zero-order valence-electron chi connectivity index (χ0n) is 4.66. The fourth-order valence-corrected chi connectivity index (χ4v) is 0.249. The first-order chi connectivity index (χ1) is 3.77. The molecule has 0 aliphatic heterocycles. The van der Waals surface area contributed by atoms with E-state index in [1.165, 1.54) is 6.08 Å². The first-order valence-electron chi connectivity index (χ1n) is 2.29. The van der Waals surface area contributed by atoms with Gasteiger partial charge in [-0.05, 0) is 6.92 Å². The van der Waals surface area contributed by atoms with Crippen LogP contribution in [0.5, 0.6) is 0 Å². The predicted octanol–water partition coefficient (Wildman–Crippen LogP) is 1.84. The predicted molar refractivity (Wildman–Crippen MR) is 38.3 cm³/mol. The van der Waals surface area contributed by atoms with Gasteiger partial charge in [0.25, 0.3) is 0 Å². The first-order valence-corrected chi connectivity index (χ1v) is 2.29. The molecule has 0 aliphatic rings. The molecule has 0 aromatic heterocycles. The maximum Gasteiger partial charge on any atom is 0.328 e. The average molecular weight is 128 g/mol. The molecule has 0 bridgehead atoms. The van der Waals surface area contributed by atoms with Gasteiger partial charge < -0.3 is 5.11 Å². The zero-order chi connectivity index (χ0) is 6.41. The SMILES string of the molecule is C.C/C=C/C=C/C(=O)O. The van der Waals surface area contributed by atoms with Crippen LogP contribution in [0.2, 0.25) is 0 Å². The van der Waals surface area contributed by atoms with Gasteiger partial charge in [-0.25, -0.2) is 4.79 Å². The first kappa shape index (κ1) is 10.8. The summed E-state index contributed by atoms with van der Waals surface area (Å²) in [7, 11) is 0. The van der Waals surface area contributed by atoms with Gasteiger partial charge >= 0.3 is 5.97 Å². The Labute approximate surface area is 55.5 Å². The van der Waals surface area contributed by atoms with Crippen molar-refractivity contribution in [3.8, 4) is 0 Å². The van der Waals surface area contributed by atoms with Crippen LogP contribution in [0.15, 0.2) is 24.3 Å². The van der Waals surface area contributed by atoms with Crippen LogP contribution in [0.3, 0.4) is 0 Å². The summed E-state index contributed by atoms with van der Waals surface area (Å²) in [5.74, 6) is -0.914. The van der Waals surface area contributed by atoms with Crippen molar-refractivity contribution in [2.75, 3.05) is 0 Å². The van der Waals surface area contributed by atoms with Gasteiger partial charge in [0.15, 0.2) is 0 Å². The summed E-state index contributed by atoms with van der Waals surface area (Å²) in [4.78, 5) is 9.75. The summed E-state index contributed by atoms with van der Waals surface area (Å²) in [5, 5.41) is 8.02. The number of hydrogen-bond acceptors (Lipinski definition) is 1. The molecule has 0 saturated heterocycles. The second kappa shape index (κ2) is 6.95. The molecule has 0 saturated carbocycles. The third-order valence-corrected chi connectivity index (χ3v) is 0.542. The highest BCUT2D eigenvalue weighted by Gasteiger charge is 1.78. The van der Waals surface area contributed by atoms with E-state index < -0.39 is 5.97 Å². The van der Waals surface area contributed by atoms with Gasteiger partial charge in [0.2, 0.25) is 0 Å². The number of aliphatic carboxylic acids is 1. The van der Waals surface area contributed by atoms with Crippen LogP contribution in [-0.4, -0.2) is 11.1 Å². The summed E-state index contributed by atoms with van der Waals surface area (Å²) in [6.45, 7) is 1.83. The van der Waals surface area contributed by atoms with E-state index in [4.69, 9.17) is 5.11 Å². The minimum atomic E-state index is -0.914. The van der Waals surface area contributed by atoms with Crippen molar-refractivity contribution < 1.29 is 9.90 Å². The topological polar surface area (TPSA) is 37.3 Å². The Balaban J connectivity index is 0. The Kier molecular flexibility index (Phi) is 8.38. The Morgan fingerprint density at radius 2 is 2.00 bits per heavy atom. The van der Waals surface area contributed by atoms with E-state index in [1.807, 2.05) is 6.92 Å². The monoisotopic (exact) mass is 128 g/mol. The van der Waals surface area contributed by atoms with Gasteiger partial charge in [0.1, 0.15) is 0 Å². The van der Waals surface area contributed by atoms with Crippen LogP contribution < -0.4 is 0 Å². The normalized spacial score (nSPS) is 9.89. The van der Waals surface area contributed by atoms with E-state index >= 15 is 0 Å². The smallest absolute Gasteiger partial charge is 0.328 e. The molecule has 9 heavy (non-hydrogen) atoms. The van der Waals surface area contributed by atoms with Crippen molar-refractivity contribution in [2.45, 2.75) is 14.4 Å². The Hall–Kier alpha value is -1.05. The number of hydrogen-bond donors (Lipinski definition) is 1. The summed E-state index contributed by atoms with van der Waals surface area (Å²) < 4.78 is 0. The van der Waals surface area contributed by atoms with Crippen LogP contribution in [0, 0.1) is 0 Å². The average Bonchev–Trinajstić information content (AvgIpc) is 1.66. The lowest BCUT2D eigenvalue weighted by atomic mass is 10.4. The minimum absolute atomic E-state index is 0. The quantitative estimate of drug-likeness (QED) is 0.455. The Bertz CT molecular complexity index is 123. The van der Waals surface area contributed by atoms with Crippen molar-refractivity contribution in [1.82, 2.24) is 0 Å². The molecule has 0 spiro atoms. The molecule has 2 nitrogen and oxygen atoms in total. The summed E-state index contributed by atoms with van der Waals surface area (Å²) in [6, 6.07) is 0. The molecule has 0 rings (SSSR count). The van der Waals surface area contributed by atoms with Crippen molar-refractivity contribution in [2.24, 2.45) is 0 Å². The molecule has 0 unspecified atom stereocenters. The molecule has 0 aliphatic carbocycles. The third kappa shape index (κ3) is 10.9. The summed E-state index contributed by atoms with van der Waals surface area (Å²) in [5.41, 5.74) is 0. The highest BCUT2D eigenvalue weighted by atomic mass is 16.4. The molecule has 0 heterocycles. The van der Waals surface area contributed by atoms with E-state index in [2.05, 4.69) is 0 Å². The van der Waals surface area contributed by atoms with Crippen LogP contribution in [0.4, 0.5) is 0 Å². The fourth-order valence-electron chi connectivity index (χ4n) is 0.249. The van der Waals surface area contributed by atoms with Gasteiger partial charge in [-0.2, -0.15) is 0 Å². The van der Waals surface area contributed by atoms with Crippen molar-refractivity contribution in [3.05, 3.63) is 24.3 Å². The highest BCUT2D eigenvalue weighted by Crippen LogP contribution is 1.74. The number of rotatable bonds is 2. The molecule has 0 aromatic carbocycles. The van der Waals surface area contributed by atoms with E-state index in [1.54, 1.807) is 12.2 Å². The largest absolute Gasteiger partial charge is 0.478 e. The molecule has 1 N–H and O–H groups in total. The second-order valence-corrected chi connectivity index (χ2v) is 1.22. The third-order valence-electron chi connectivity index (χ3n) is 0.542. The maximum absolute atomic E-state index is 9.75. The van der Waals surface area contributed by atoms with Crippen molar-refractivity contribution in [3.63, 3.8) is 0 Å². The molecule has 0 amide bonds. The number of carboxylic acids is 1. The van der Waals surface area contributed by atoms with Gasteiger partial charge in [-0.3, -0.25) is 0 Å². The zero-order valence-corrected chi connectivity index (χ0v) is 4.66. The Morgan fingerprint density at radius 1 is 1.44 bits per heavy atom. The lowest BCUT2D eigenvalue weighted by molar-refractivity contribution is -0.131. The van der Waals surface area contributed by atoms with Crippen LogP contribution in [-0.2, 0) is 4.79 Å². The molecule has 0 aromatic rings. The lowest BCUT2D eigenvalue weighted by Gasteiger charge is -1.72. The lowest BCUT2D eigenvalue weighted by Crippen LogP contribution is -1.83. The van der Waals surface area contributed by atoms with Crippen molar-refractivity contribution >= 4 is 5.97 Å². The van der Waals surface area contributed by atoms with Gasteiger partial charge in [0, 0.05) is 6.08 Å². The van der Waals surface area contributed by atoms with Gasteiger partial charge in [0.05, 0.1) is 0 Å². The summed E-state index contributed by atoms with van der Waals surface area (Å²) in [6.07, 6.45) is 5.98. The molecular weight excluding hydrogens is 116 g/mol. The minimum Gasteiger partial charge on any atom is -0.478 e. The maximum atomic E-state index is 9.75. The number of carbonyl (C=O) groups is 1. The standard InChI is InChI=1S/C6H8O2.CH4/c1-2-3-4-5-6(7)8;/h2-5H,1H3,(H,7,8);1H4/b3-2+,5-4+;.